The molecule has 5 nitrogen and oxygen atoms in total. The van der Waals surface area contributed by atoms with Crippen molar-refractivity contribution in [3.63, 3.8) is 0 Å². The number of aliphatic hydroxyl groups is 1. The van der Waals surface area contributed by atoms with Gasteiger partial charge in [-0.25, -0.2) is 0 Å². The number of methoxy groups -OCH3 is 1. The van der Waals surface area contributed by atoms with Gasteiger partial charge in [-0.3, -0.25) is 9.59 Å². The number of carbonyl (C=O) groups is 2. The third-order valence-corrected chi connectivity index (χ3v) is 3.05. The largest absolute Gasteiger partial charge is 0.506 e. The summed E-state index contributed by atoms with van der Waals surface area (Å²) in [6.07, 6.45) is 0.268. The van der Waals surface area contributed by atoms with E-state index in [-0.39, 0.29) is 34.6 Å². The Hall–Kier alpha value is -2.43. The lowest BCUT2D eigenvalue weighted by Gasteiger charge is -2.18. The molecule has 1 aliphatic carbocycles. The number of rotatable bonds is 3. The summed E-state index contributed by atoms with van der Waals surface area (Å²) in [7, 11) is 1.45. The first-order chi connectivity index (χ1) is 9.01. The van der Waals surface area contributed by atoms with Crippen molar-refractivity contribution in [3.05, 3.63) is 34.9 Å². The number of aliphatic hydroxyl groups excluding tert-OH is 1. The number of fused-ring (bicyclic) bond motifs is 1. The number of Topliss-reactive ketones (excluding diaryl/α,β-unsaturated/α-hetero) is 2. The summed E-state index contributed by atoms with van der Waals surface area (Å²) in [5.74, 6) is -1.44. The van der Waals surface area contributed by atoms with Crippen LogP contribution in [0.25, 0.3) is 5.76 Å². The normalized spacial score (nSPS) is 14.4. The van der Waals surface area contributed by atoms with Crippen molar-refractivity contribution in [1.82, 2.24) is 0 Å². The van der Waals surface area contributed by atoms with E-state index in [1.54, 1.807) is 13.0 Å². The van der Waals surface area contributed by atoms with Gasteiger partial charge in [0.2, 0.25) is 11.6 Å². The van der Waals surface area contributed by atoms with Gasteiger partial charge in [-0.15, -0.1) is 0 Å². The lowest BCUT2D eigenvalue weighted by atomic mass is 9.85. The molecule has 0 unspecified atom stereocenters. The Morgan fingerprint density at radius 2 is 1.95 bits per heavy atom. The first kappa shape index (κ1) is 13.0. The molecule has 19 heavy (non-hydrogen) atoms. The Balaban J connectivity index is 2.70. The van der Waals surface area contributed by atoms with E-state index in [9.17, 15) is 14.7 Å². The Bertz CT molecular complexity index is 628. The SMILES string of the molecule is CCC(=N)C1=C(O)c2ccc(OC)cc2C(=O)C1=O. The quantitative estimate of drug-likeness (QED) is 0.643. The van der Waals surface area contributed by atoms with Gasteiger partial charge in [-0.05, 0) is 24.6 Å². The molecule has 5 heteroatoms. The smallest absolute Gasteiger partial charge is 0.239 e. The predicted molar refractivity (Wildman–Crippen MR) is 69.9 cm³/mol. The van der Waals surface area contributed by atoms with Crippen molar-refractivity contribution < 1.29 is 19.4 Å². The number of hydrogen-bond donors (Lipinski definition) is 2. The average molecular weight is 259 g/mol. The number of allylic oxidation sites excluding steroid dienone is 1. The summed E-state index contributed by atoms with van der Waals surface area (Å²) < 4.78 is 4.99. The number of carbonyl (C=O) groups excluding carboxylic acids is 2. The van der Waals surface area contributed by atoms with E-state index in [2.05, 4.69) is 0 Å². The third kappa shape index (κ3) is 1.93. The summed E-state index contributed by atoms with van der Waals surface area (Å²) in [6, 6.07) is 4.51. The monoisotopic (exact) mass is 259 g/mol. The number of hydrogen-bond acceptors (Lipinski definition) is 5. The molecule has 0 aromatic heterocycles. The standard InChI is InChI=1S/C14H13NO4/c1-3-10(15)11-12(16)8-5-4-7(19-2)6-9(8)13(17)14(11)18/h4-6,15-16H,3H2,1-2H3. The average Bonchev–Trinajstić information content (AvgIpc) is 2.44. The Morgan fingerprint density at radius 1 is 1.26 bits per heavy atom. The minimum Gasteiger partial charge on any atom is -0.506 e. The summed E-state index contributed by atoms with van der Waals surface area (Å²) in [4.78, 5) is 24.0. The fourth-order valence-corrected chi connectivity index (χ4v) is 1.98. The van der Waals surface area contributed by atoms with Crippen LogP contribution in [0, 0.1) is 5.41 Å². The van der Waals surface area contributed by atoms with Gasteiger partial charge in [0.1, 0.15) is 11.5 Å². The molecule has 0 atom stereocenters. The molecule has 0 amide bonds. The molecule has 98 valence electrons. The van der Waals surface area contributed by atoms with Crippen molar-refractivity contribution in [3.8, 4) is 5.75 Å². The van der Waals surface area contributed by atoms with E-state index in [4.69, 9.17) is 10.1 Å². The van der Waals surface area contributed by atoms with Gasteiger partial charge in [-0.2, -0.15) is 0 Å². The van der Waals surface area contributed by atoms with Crippen LogP contribution < -0.4 is 4.74 Å². The molecule has 2 N–H and O–H groups in total. The molecule has 0 fully saturated rings. The van der Waals surface area contributed by atoms with E-state index in [1.165, 1.54) is 19.2 Å². The first-order valence-corrected chi connectivity index (χ1v) is 5.79. The Kier molecular flexibility index (Phi) is 3.21. The lowest BCUT2D eigenvalue weighted by molar-refractivity contribution is -0.111. The van der Waals surface area contributed by atoms with Crippen LogP contribution in [-0.2, 0) is 4.79 Å². The molecule has 0 heterocycles. The minimum absolute atomic E-state index is 0.0441. The maximum absolute atomic E-state index is 12.0. The molecular weight excluding hydrogens is 246 g/mol. The molecule has 1 aliphatic rings. The molecule has 2 rings (SSSR count). The van der Waals surface area contributed by atoms with Crippen LogP contribution in [-0.4, -0.2) is 29.5 Å². The zero-order valence-electron chi connectivity index (χ0n) is 10.6. The van der Waals surface area contributed by atoms with Crippen LogP contribution in [0.15, 0.2) is 23.8 Å². The van der Waals surface area contributed by atoms with Crippen LogP contribution in [0.1, 0.15) is 29.3 Å². The highest BCUT2D eigenvalue weighted by Crippen LogP contribution is 2.31. The van der Waals surface area contributed by atoms with Crippen molar-refractivity contribution >= 4 is 23.0 Å². The summed E-state index contributed by atoms with van der Waals surface area (Å²) in [5, 5.41) is 17.8. The second-order valence-electron chi connectivity index (χ2n) is 4.13. The van der Waals surface area contributed by atoms with Crippen LogP contribution in [0.5, 0.6) is 5.75 Å². The summed E-state index contributed by atoms with van der Waals surface area (Å²) in [5.41, 5.74) is 0.121. The number of nitrogens with one attached hydrogen (secondary N) is 1. The molecule has 1 aromatic carbocycles. The molecule has 0 aliphatic heterocycles. The van der Waals surface area contributed by atoms with Crippen LogP contribution in [0.2, 0.25) is 0 Å². The zero-order valence-corrected chi connectivity index (χ0v) is 10.6. The van der Waals surface area contributed by atoms with Crippen molar-refractivity contribution in [1.29, 1.82) is 5.41 Å². The van der Waals surface area contributed by atoms with Gasteiger partial charge in [0, 0.05) is 16.8 Å². The third-order valence-electron chi connectivity index (χ3n) is 3.05. The number of benzene rings is 1. The first-order valence-electron chi connectivity index (χ1n) is 5.79. The van der Waals surface area contributed by atoms with Crippen LogP contribution >= 0.6 is 0 Å². The second-order valence-corrected chi connectivity index (χ2v) is 4.13. The molecule has 0 radical (unpaired) electrons. The van der Waals surface area contributed by atoms with Crippen molar-refractivity contribution in [2.75, 3.05) is 7.11 Å². The van der Waals surface area contributed by atoms with Gasteiger partial charge < -0.3 is 15.3 Å². The van der Waals surface area contributed by atoms with Crippen LogP contribution in [0.4, 0.5) is 0 Å². The molecule has 0 saturated heterocycles. The predicted octanol–water partition coefficient (Wildman–Crippen LogP) is 2.16. The molecule has 0 saturated carbocycles. The highest BCUT2D eigenvalue weighted by molar-refractivity contribution is 6.57. The fourth-order valence-electron chi connectivity index (χ4n) is 1.98. The van der Waals surface area contributed by atoms with Crippen LogP contribution in [0.3, 0.4) is 0 Å². The fraction of sp³-hybridized carbons (Fsp3) is 0.214. The Labute approximate surface area is 110 Å². The molecule has 1 aromatic rings. The van der Waals surface area contributed by atoms with Gasteiger partial charge >= 0.3 is 0 Å². The van der Waals surface area contributed by atoms with E-state index in [0.29, 0.717) is 5.75 Å². The highest BCUT2D eigenvalue weighted by Gasteiger charge is 2.34. The molecule has 0 bridgehead atoms. The number of ketones is 2. The second kappa shape index (κ2) is 4.68. The summed E-state index contributed by atoms with van der Waals surface area (Å²) in [6.45, 7) is 1.68. The molecule has 0 spiro atoms. The van der Waals surface area contributed by atoms with Crippen molar-refractivity contribution in [2.24, 2.45) is 0 Å². The number of ether oxygens (including phenoxy) is 1. The van der Waals surface area contributed by atoms with E-state index < -0.39 is 11.6 Å². The highest BCUT2D eigenvalue weighted by atomic mass is 16.5. The van der Waals surface area contributed by atoms with Gasteiger partial charge in [0.05, 0.1) is 12.7 Å². The summed E-state index contributed by atoms with van der Waals surface area (Å²) >= 11 is 0. The lowest BCUT2D eigenvalue weighted by Crippen LogP contribution is -2.27. The van der Waals surface area contributed by atoms with Gasteiger partial charge in [-0.1, -0.05) is 6.92 Å². The minimum atomic E-state index is -0.842. The zero-order chi connectivity index (χ0) is 14.2. The maximum Gasteiger partial charge on any atom is 0.239 e. The topological polar surface area (TPSA) is 87.4 Å². The van der Waals surface area contributed by atoms with Crippen molar-refractivity contribution in [2.45, 2.75) is 13.3 Å². The molecular formula is C14H13NO4. The van der Waals surface area contributed by atoms with E-state index >= 15 is 0 Å². The van der Waals surface area contributed by atoms with E-state index in [1.807, 2.05) is 0 Å². The maximum atomic E-state index is 12.0. The van der Waals surface area contributed by atoms with Gasteiger partial charge in [0.15, 0.2) is 0 Å². The van der Waals surface area contributed by atoms with E-state index in [0.717, 1.165) is 0 Å². The Morgan fingerprint density at radius 3 is 2.53 bits per heavy atom. The van der Waals surface area contributed by atoms with Gasteiger partial charge in [0.25, 0.3) is 0 Å².